The Morgan fingerprint density at radius 2 is 2.08 bits per heavy atom. The number of hydrogen-bond donors (Lipinski definition) is 4. The van der Waals surface area contributed by atoms with Crippen molar-refractivity contribution in [1.82, 2.24) is 19.5 Å². The molecule has 4 N–H and O–H groups in total. The Morgan fingerprint density at radius 1 is 1.23 bits per heavy atom. The first-order chi connectivity index (χ1) is 12.6. The van der Waals surface area contributed by atoms with Crippen molar-refractivity contribution < 1.29 is 20.1 Å². The predicted molar refractivity (Wildman–Crippen MR) is 97.7 cm³/mol. The number of hydrogen-bond acceptors (Lipinski definition) is 9. The summed E-state index contributed by atoms with van der Waals surface area (Å²) in [7, 11) is 0. The number of fused-ring (bicyclic) bond motifs is 1. The van der Waals surface area contributed by atoms with Crippen molar-refractivity contribution in [1.29, 1.82) is 0 Å². The normalized spacial score (nSPS) is 25.8. The molecule has 4 rings (SSSR count). The van der Waals surface area contributed by atoms with Gasteiger partial charge in [0.2, 0.25) is 0 Å². The topological polar surface area (TPSA) is 126 Å². The average molecular weight is 442 g/mol. The first-order valence-corrected chi connectivity index (χ1v) is 9.58. The van der Waals surface area contributed by atoms with Crippen molar-refractivity contribution in [3.05, 3.63) is 33.5 Å². The predicted octanol–water partition coefficient (Wildman–Crippen LogP) is 0.874. The van der Waals surface area contributed by atoms with E-state index in [1.807, 2.05) is 10.8 Å². The number of rotatable bonds is 5. The minimum absolute atomic E-state index is 0.390. The fraction of sp³-hybridized carbons (Fsp3) is 0.400. The van der Waals surface area contributed by atoms with E-state index in [-0.39, 0.29) is 0 Å². The van der Waals surface area contributed by atoms with Crippen molar-refractivity contribution in [3.63, 3.8) is 0 Å². The van der Waals surface area contributed by atoms with Crippen LogP contribution in [-0.4, -0.2) is 59.8 Å². The molecule has 3 aromatic rings. The van der Waals surface area contributed by atoms with Crippen LogP contribution in [0.25, 0.3) is 11.2 Å². The minimum Gasteiger partial charge on any atom is -0.394 e. The van der Waals surface area contributed by atoms with Gasteiger partial charge < -0.3 is 25.4 Å². The highest BCUT2D eigenvalue weighted by atomic mass is 79.9. The van der Waals surface area contributed by atoms with Gasteiger partial charge in [-0.2, -0.15) is 11.3 Å². The minimum atomic E-state index is -1.20. The molecule has 26 heavy (non-hydrogen) atoms. The summed E-state index contributed by atoms with van der Waals surface area (Å²) in [6.45, 7) is 0.176. The van der Waals surface area contributed by atoms with Gasteiger partial charge in [-0.05, 0) is 26.9 Å². The van der Waals surface area contributed by atoms with Crippen molar-refractivity contribution >= 4 is 44.2 Å². The molecule has 4 heterocycles. The van der Waals surface area contributed by atoms with Crippen LogP contribution in [0.5, 0.6) is 0 Å². The van der Waals surface area contributed by atoms with Gasteiger partial charge in [0.05, 0.1) is 12.9 Å². The maximum absolute atomic E-state index is 10.2. The molecule has 0 saturated carbocycles. The number of nitrogens with one attached hydrogen (secondary N) is 1. The molecule has 0 aliphatic carbocycles. The molecule has 9 nitrogen and oxygen atoms in total. The maximum atomic E-state index is 10.2. The molecule has 1 aliphatic heterocycles. The highest BCUT2D eigenvalue weighted by molar-refractivity contribution is 9.10. The summed E-state index contributed by atoms with van der Waals surface area (Å²) in [4.78, 5) is 12.8. The highest BCUT2D eigenvalue weighted by Gasteiger charge is 2.44. The van der Waals surface area contributed by atoms with Crippen LogP contribution in [0.2, 0.25) is 0 Å². The van der Waals surface area contributed by atoms with Crippen molar-refractivity contribution in [3.8, 4) is 0 Å². The van der Waals surface area contributed by atoms with E-state index in [9.17, 15) is 15.3 Å². The Morgan fingerprint density at radius 3 is 2.77 bits per heavy atom. The van der Waals surface area contributed by atoms with E-state index in [4.69, 9.17) is 4.74 Å². The second-order valence-electron chi connectivity index (χ2n) is 5.87. The van der Waals surface area contributed by atoms with Gasteiger partial charge in [-0.3, -0.25) is 4.57 Å². The van der Waals surface area contributed by atoms with Gasteiger partial charge >= 0.3 is 0 Å². The van der Waals surface area contributed by atoms with Crippen LogP contribution in [0.15, 0.2) is 27.9 Å². The molecular weight excluding hydrogens is 426 g/mol. The van der Waals surface area contributed by atoms with E-state index < -0.39 is 31.1 Å². The molecule has 138 valence electrons. The zero-order valence-electron chi connectivity index (χ0n) is 13.4. The summed E-state index contributed by atoms with van der Waals surface area (Å²) in [6.07, 6.45) is -1.25. The number of aliphatic hydroxyl groups excluding tert-OH is 3. The van der Waals surface area contributed by atoms with Gasteiger partial charge in [0.1, 0.15) is 24.6 Å². The van der Waals surface area contributed by atoms with Crippen LogP contribution in [0.4, 0.5) is 5.82 Å². The number of imidazole rings is 1. The van der Waals surface area contributed by atoms with Crippen LogP contribution in [0.3, 0.4) is 0 Å². The molecule has 0 bridgehead atoms. The van der Waals surface area contributed by atoms with Crippen molar-refractivity contribution in [2.24, 2.45) is 0 Å². The number of aromatic nitrogens is 4. The highest BCUT2D eigenvalue weighted by Crippen LogP contribution is 2.32. The third kappa shape index (κ3) is 3.00. The van der Waals surface area contributed by atoms with Gasteiger partial charge in [0, 0.05) is 16.4 Å². The lowest BCUT2D eigenvalue weighted by Crippen LogP contribution is -2.33. The summed E-state index contributed by atoms with van der Waals surface area (Å²) in [6, 6.07) is 0. The molecular formula is C15H16BrN5O4S. The Hall–Kier alpha value is -1.63. The fourth-order valence-electron chi connectivity index (χ4n) is 2.89. The van der Waals surface area contributed by atoms with Gasteiger partial charge in [-0.1, -0.05) is 0 Å². The van der Waals surface area contributed by atoms with Crippen molar-refractivity contribution in [2.75, 3.05) is 11.9 Å². The fourth-order valence-corrected chi connectivity index (χ4v) is 4.33. The number of aliphatic hydroxyl groups is 3. The zero-order chi connectivity index (χ0) is 18.3. The summed E-state index contributed by atoms with van der Waals surface area (Å²) in [5.41, 5.74) is 2.09. The Kier molecular flexibility index (Phi) is 4.90. The van der Waals surface area contributed by atoms with Gasteiger partial charge in [-0.15, -0.1) is 0 Å². The first-order valence-electron chi connectivity index (χ1n) is 7.84. The summed E-state index contributed by atoms with van der Waals surface area (Å²) >= 11 is 5.09. The molecule has 0 spiro atoms. The molecule has 4 atom stereocenters. The summed E-state index contributed by atoms with van der Waals surface area (Å²) in [5.74, 6) is 0.554. The molecule has 1 saturated heterocycles. The van der Waals surface area contributed by atoms with Crippen LogP contribution in [-0.2, 0) is 11.3 Å². The molecule has 0 unspecified atom stereocenters. The number of anilines is 1. The lowest BCUT2D eigenvalue weighted by Gasteiger charge is -2.16. The molecule has 0 amide bonds. The third-order valence-corrected chi connectivity index (χ3v) is 6.12. The zero-order valence-corrected chi connectivity index (χ0v) is 15.8. The molecule has 1 fully saturated rings. The van der Waals surface area contributed by atoms with E-state index >= 15 is 0 Å². The van der Waals surface area contributed by atoms with E-state index in [0.29, 0.717) is 23.5 Å². The van der Waals surface area contributed by atoms with Gasteiger partial charge in [0.15, 0.2) is 23.2 Å². The van der Waals surface area contributed by atoms with Gasteiger partial charge in [-0.25, -0.2) is 15.0 Å². The number of nitrogens with zero attached hydrogens (tertiary/aromatic N) is 4. The van der Waals surface area contributed by atoms with Gasteiger partial charge in [0.25, 0.3) is 0 Å². The number of halogens is 1. The molecule has 3 aromatic heterocycles. The molecule has 11 heteroatoms. The summed E-state index contributed by atoms with van der Waals surface area (Å²) < 4.78 is 8.11. The van der Waals surface area contributed by atoms with Crippen LogP contribution in [0.1, 0.15) is 11.8 Å². The Balaban J connectivity index is 1.62. The van der Waals surface area contributed by atoms with E-state index in [1.165, 1.54) is 17.2 Å². The van der Waals surface area contributed by atoms with Crippen LogP contribution < -0.4 is 5.32 Å². The van der Waals surface area contributed by atoms with E-state index in [0.717, 1.165) is 10.0 Å². The Bertz CT molecular complexity index is 918. The van der Waals surface area contributed by atoms with E-state index in [1.54, 1.807) is 11.3 Å². The quantitative estimate of drug-likeness (QED) is 0.459. The standard InChI is InChI=1S/C15H16BrN5O4S/c16-8-4-26-3-7(8)1-17-13-10-14(19-5-18-13)21(6-20-10)15-12(24)11(23)9(2-22)25-15/h3-6,9,11-12,15,22-24H,1-2H2,(H,17,18,19)/t9-,11-,12-,15-/m1/s1. The number of thiophene rings is 1. The lowest BCUT2D eigenvalue weighted by atomic mass is 10.1. The lowest BCUT2D eigenvalue weighted by molar-refractivity contribution is -0.0511. The summed E-state index contributed by atoms with van der Waals surface area (Å²) in [5, 5.41) is 36.7. The first kappa shape index (κ1) is 17.8. The monoisotopic (exact) mass is 441 g/mol. The maximum Gasteiger partial charge on any atom is 0.167 e. The smallest absolute Gasteiger partial charge is 0.167 e. The SMILES string of the molecule is OC[C@H]1O[C@@H](n2cnc3c(NCc4cscc4Br)ncnc32)[C@H](O)[C@@H]1O. The molecule has 0 aromatic carbocycles. The van der Waals surface area contributed by atoms with Crippen LogP contribution in [0, 0.1) is 0 Å². The molecule has 1 aliphatic rings. The Labute approximate surface area is 160 Å². The van der Waals surface area contributed by atoms with Crippen molar-refractivity contribution in [2.45, 2.75) is 31.1 Å². The van der Waals surface area contributed by atoms with Crippen LogP contribution >= 0.6 is 27.3 Å². The van der Waals surface area contributed by atoms with E-state index in [2.05, 4.69) is 36.2 Å². The second kappa shape index (κ2) is 7.18. The second-order valence-corrected chi connectivity index (χ2v) is 7.47. The number of ether oxygens (including phenoxy) is 1. The largest absolute Gasteiger partial charge is 0.394 e. The molecule has 0 radical (unpaired) electrons. The third-order valence-electron chi connectivity index (χ3n) is 4.28. The average Bonchev–Trinajstić information content (AvgIpc) is 3.32.